The second-order valence-corrected chi connectivity index (χ2v) is 7.59. The Kier molecular flexibility index (Phi) is 5.26. The van der Waals surface area contributed by atoms with Crippen LogP contribution in [0.2, 0.25) is 0 Å². The van der Waals surface area contributed by atoms with Gasteiger partial charge in [-0.2, -0.15) is 0 Å². The standard InChI is InChI=1S/C25H21N3O5/c1-3-32-21-12-16(9-11-20(21)31-2)19(13-22-27-26-14-33-22)28-24(29)18-10-8-15-6-4-5-7-17(15)23(18)25(28)30/h4-12,14,19H,3,13H2,1-2H3/t19-/m0/s1. The lowest BCUT2D eigenvalue weighted by atomic mass is 10.0. The van der Waals surface area contributed by atoms with Crippen molar-refractivity contribution in [1.82, 2.24) is 15.1 Å². The molecule has 2 heterocycles. The van der Waals surface area contributed by atoms with Gasteiger partial charge in [0.25, 0.3) is 11.8 Å². The van der Waals surface area contributed by atoms with Crippen LogP contribution in [0, 0.1) is 0 Å². The van der Waals surface area contributed by atoms with E-state index in [1.54, 1.807) is 25.3 Å². The summed E-state index contributed by atoms with van der Waals surface area (Å²) in [5.74, 6) is 0.680. The molecule has 0 fully saturated rings. The van der Waals surface area contributed by atoms with Crippen LogP contribution < -0.4 is 9.47 Å². The lowest BCUT2D eigenvalue weighted by molar-refractivity contribution is 0.0577. The monoisotopic (exact) mass is 443 g/mol. The molecule has 1 aromatic heterocycles. The van der Waals surface area contributed by atoms with E-state index in [1.165, 1.54) is 11.3 Å². The number of ether oxygens (including phenoxy) is 2. The average Bonchev–Trinajstić information content (AvgIpc) is 3.44. The van der Waals surface area contributed by atoms with Crippen molar-refractivity contribution >= 4 is 22.6 Å². The molecule has 2 amide bonds. The van der Waals surface area contributed by atoms with Crippen molar-refractivity contribution in [3.05, 3.63) is 83.6 Å². The smallest absolute Gasteiger partial charge is 0.262 e. The summed E-state index contributed by atoms with van der Waals surface area (Å²) >= 11 is 0. The summed E-state index contributed by atoms with van der Waals surface area (Å²) in [4.78, 5) is 28.5. The molecule has 166 valence electrons. The Labute approximate surface area is 189 Å². The third-order valence-corrected chi connectivity index (χ3v) is 5.77. The first-order valence-corrected chi connectivity index (χ1v) is 10.6. The van der Waals surface area contributed by atoms with Crippen molar-refractivity contribution < 1.29 is 23.5 Å². The van der Waals surface area contributed by atoms with Crippen LogP contribution in [0.25, 0.3) is 10.8 Å². The van der Waals surface area contributed by atoms with Gasteiger partial charge in [0.05, 0.1) is 37.3 Å². The molecule has 0 radical (unpaired) electrons. The molecule has 8 nitrogen and oxygen atoms in total. The Morgan fingerprint density at radius 1 is 1.03 bits per heavy atom. The average molecular weight is 443 g/mol. The highest BCUT2D eigenvalue weighted by Gasteiger charge is 2.42. The van der Waals surface area contributed by atoms with Crippen molar-refractivity contribution in [3.63, 3.8) is 0 Å². The summed E-state index contributed by atoms with van der Waals surface area (Å²) in [7, 11) is 1.56. The Morgan fingerprint density at radius 3 is 2.64 bits per heavy atom. The van der Waals surface area contributed by atoms with Crippen LogP contribution in [-0.4, -0.2) is 40.6 Å². The number of aromatic nitrogens is 2. The predicted octanol–water partition coefficient (Wildman–Crippen LogP) is 4.21. The zero-order valence-corrected chi connectivity index (χ0v) is 18.1. The molecule has 1 aliphatic heterocycles. The highest BCUT2D eigenvalue weighted by atomic mass is 16.5. The molecular formula is C25H21N3O5. The van der Waals surface area contributed by atoms with E-state index >= 15 is 0 Å². The molecule has 5 rings (SSSR count). The summed E-state index contributed by atoms with van der Waals surface area (Å²) in [5, 5.41) is 9.36. The van der Waals surface area contributed by atoms with Gasteiger partial charge in [-0.15, -0.1) is 10.2 Å². The Morgan fingerprint density at radius 2 is 1.88 bits per heavy atom. The van der Waals surface area contributed by atoms with Crippen LogP contribution in [-0.2, 0) is 6.42 Å². The van der Waals surface area contributed by atoms with Crippen LogP contribution >= 0.6 is 0 Å². The van der Waals surface area contributed by atoms with E-state index in [9.17, 15) is 9.59 Å². The first kappa shape index (κ1) is 20.7. The van der Waals surface area contributed by atoms with Gasteiger partial charge in [0.2, 0.25) is 12.3 Å². The molecule has 1 aliphatic rings. The minimum absolute atomic E-state index is 0.168. The molecule has 0 bridgehead atoms. The van der Waals surface area contributed by atoms with Gasteiger partial charge in [0.15, 0.2) is 11.5 Å². The molecule has 33 heavy (non-hydrogen) atoms. The zero-order chi connectivity index (χ0) is 22.9. The Balaban J connectivity index is 1.63. The van der Waals surface area contributed by atoms with Crippen molar-refractivity contribution in [2.24, 2.45) is 0 Å². The number of carbonyl (C=O) groups is 2. The number of nitrogens with zero attached hydrogens (tertiary/aromatic N) is 3. The van der Waals surface area contributed by atoms with Gasteiger partial charge in [-0.05, 0) is 41.5 Å². The van der Waals surface area contributed by atoms with E-state index < -0.39 is 6.04 Å². The third kappa shape index (κ3) is 3.49. The highest BCUT2D eigenvalue weighted by Crippen LogP contribution is 2.39. The van der Waals surface area contributed by atoms with E-state index in [0.717, 1.165) is 10.8 Å². The highest BCUT2D eigenvalue weighted by molar-refractivity contribution is 6.26. The van der Waals surface area contributed by atoms with Crippen molar-refractivity contribution in [2.45, 2.75) is 19.4 Å². The predicted molar refractivity (Wildman–Crippen MR) is 119 cm³/mol. The van der Waals surface area contributed by atoms with Crippen molar-refractivity contribution in [1.29, 1.82) is 0 Å². The molecule has 0 unspecified atom stereocenters. The maximum absolute atomic E-state index is 13.7. The van der Waals surface area contributed by atoms with Crippen LogP contribution in [0.5, 0.6) is 11.5 Å². The summed E-state index contributed by atoms with van der Waals surface area (Å²) in [6.45, 7) is 2.31. The molecule has 3 aromatic carbocycles. The number of fused-ring (bicyclic) bond motifs is 3. The second kappa shape index (κ2) is 8.38. The molecule has 8 heteroatoms. The number of imide groups is 1. The van der Waals surface area contributed by atoms with Gasteiger partial charge >= 0.3 is 0 Å². The summed E-state index contributed by atoms with van der Waals surface area (Å²) in [6, 6.07) is 15.8. The van der Waals surface area contributed by atoms with E-state index in [0.29, 0.717) is 40.7 Å². The first-order valence-electron chi connectivity index (χ1n) is 10.6. The van der Waals surface area contributed by atoms with Crippen LogP contribution in [0.4, 0.5) is 0 Å². The number of rotatable bonds is 7. The van der Waals surface area contributed by atoms with Crippen molar-refractivity contribution in [2.75, 3.05) is 13.7 Å². The van der Waals surface area contributed by atoms with E-state index in [-0.39, 0.29) is 18.2 Å². The van der Waals surface area contributed by atoms with Crippen LogP contribution in [0.1, 0.15) is 45.1 Å². The number of hydrogen-bond acceptors (Lipinski definition) is 7. The van der Waals surface area contributed by atoms with Crippen LogP contribution in [0.3, 0.4) is 0 Å². The fourth-order valence-corrected chi connectivity index (χ4v) is 4.28. The van der Waals surface area contributed by atoms with Crippen molar-refractivity contribution in [3.8, 4) is 11.5 Å². The van der Waals surface area contributed by atoms with Crippen LogP contribution in [0.15, 0.2) is 65.4 Å². The maximum atomic E-state index is 13.7. The SMILES string of the molecule is CCOc1cc([C@H](Cc2nnco2)N2C(=O)c3ccc4ccccc4c3C2=O)ccc1OC. The van der Waals surface area contributed by atoms with Gasteiger partial charge in [0, 0.05) is 0 Å². The number of amides is 2. The Hall–Kier alpha value is -4.20. The molecule has 4 aromatic rings. The van der Waals surface area contributed by atoms with E-state index in [4.69, 9.17) is 13.9 Å². The number of hydrogen-bond donors (Lipinski definition) is 0. The van der Waals surface area contributed by atoms with E-state index in [1.807, 2.05) is 43.3 Å². The number of methoxy groups -OCH3 is 1. The van der Waals surface area contributed by atoms with Gasteiger partial charge in [-0.25, -0.2) is 0 Å². The fraction of sp³-hybridized carbons (Fsp3) is 0.200. The minimum atomic E-state index is -0.679. The summed E-state index contributed by atoms with van der Waals surface area (Å²) in [5.41, 5.74) is 1.48. The van der Waals surface area contributed by atoms with E-state index in [2.05, 4.69) is 10.2 Å². The third-order valence-electron chi connectivity index (χ3n) is 5.77. The van der Waals surface area contributed by atoms with Gasteiger partial charge in [0.1, 0.15) is 0 Å². The quantitative estimate of drug-likeness (QED) is 0.395. The fourth-order valence-electron chi connectivity index (χ4n) is 4.28. The second-order valence-electron chi connectivity index (χ2n) is 7.59. The molecule has 0 aliphatic carbocycles. The van der Waals surface area contributed by atoms with Gasteiger partial charge in [-0.3, -0.25) is 14.5 Å². The molecule has 0 saturated heterocycles. The molecule has 0 spiro atoms. The first-order chi connectivity index (χ1) is 16.1. The molecular weight excluding hydrogens is 422 g/mol. The maximum Gasteiger partial charge on any atom is 0.262 e. The molecule has 0 N–H and O–H groups in total. The topological polar surface area (TPSA) is 94.8 Å². The minimum Gasteiger partial charge on any atom is -0.493 e. The largest absolute Gasteiger partial charge is 0.493 e. The summed E-state index contributed by atoms with van der Waals surface area (Å²) in [6.07, 6.45) is 1.39. The van der Waals surface area contributed by atoms with Gasteiger partial charge < -0.3 is 13.9 Å². The summed E-state index contributed by atoms with van der Waals surface area (Å²) < 4.78 is 16.5. The zero-order valence-electron chi connectivity index (χ0n) is 18.1. The lowest BCUT2D eigenvalue weighted by Crippen LogP contribution is -2.35. The Bertz CT molecular complexity index is 1350. The normalized spacial score (nSPS) is 13.9. The number of benzene rings is 3. The molecule has 0 saturated carbocycles. The lowest BCUT2D eigenvalue weighted by Gasteiger charge is -2.26. The van der Waals surface area contributed by atoms with Gasteiger partial charge in [-0.1, -0.05) is 36.4 Å². The number of carbonyl (C=O) groups excluding carboxylic acids is 2. The molecule has 1 atom stereocenters.